The molecule has 10 heteroatoms. The number of benzene rings is 1. The Morgan fingerprint density at radius 1 is 1.21 bits per heavy atom. The van der Waals surface area contributed by atoms with Crippen LogP contribution in [0.1, 0.15) is 26.7 Å². The summed E-state index contributed by atoms with van der Waals surface area (Å²) >= 11 is 0. The summed E-state index contributed by atoms with van der Waals surface area (Å²) in [6.07, 6.45) is 1.34. The van der Waals surface area contributed by atoms with Crippen molar-refractivity contribution in [2.24, 2.45) is 5.92 Å². The van der Waals surface area contributed by atoms with Crippen LogP contribution in [0.15, 0.2) is 29.2 Å². The van der Waals surface area contributed by atoms with Gasteiger partial charge in [0.1, 0.15) is 0 Å². The number of urea groups is 1. The predicted octanol–water partition coefficient (Wildman–Crippen LogP) is 2.80. The number of halogens is 2. The molecule has 0 unspecified atom stereocenters. The van der Waals surface area contributed by atoms with Crippen LogP contribution < -0.4 is 5.32 Å². The second-order valence-electron chi connectivity index (χ2n) is 6.56. The minimum absolute atomic E-state index is 0.0935. The van der Waals surface area contributed by atoms with Crippen LogP contribution in [0.25, 0.3) is 0 Å². The number of sulfone groups is 1. The molecule has 2 rings (SSSR count). The van der Waals surface area contributed by atoms with E-state index < -0.39 is 26.4 Å². The molecule has 3 amide bonds. The molecule has 0 aromatic heterocycles. The molecule has 0 bridgehead atoms. The van der Waals surface area contributed by atoms with E-state index in [0.29, 0.717) is 44.7 Å². The molecule has 0 aliphatic carbocycles. The predicted molar refractivity (Wildman–Crippen MR) is 101 cm³/mol. The molecule has 1 fully saturated rings. The van der Waals surface area contributed by atoms with Crippen molar-refractivity contribution in [1.82, 2.24) is 9.80 Å². The van der Waals surface area contributed by atoms with Crippen LogP contribution in [-0.2, 0) is 14.6 Å². The number of alkyl halides is 2. The van der Waals surface area contributed by atoms with Gasteiger partial charge in [-0.1, -0.05) is 0 Å². The Balaban J connectivity index is 2.01. The number of carbonyl (C=O) groups excluding carboxylic acids is 2. The van der Waals surface area contributed by atoms with Gasteiger partial charge in [-0.05, 0) is 51.0 Å². The average Bonchev–Trinajstić information content (AvgIpc) is 2.69. The second kappa shape index (κ2) is 9.31. The van der Waals surface area contributed by atoms with Crippen LogP contribution in [-0.4, -0.2) is 62.1 Å². The number of nitrogens with zero attached hydrogens (tertiary/aromatic N) is 2. The SMILES string of the molecule is CCN(CC)C(=O)N1CCC[C@H](C(=O)Nc2ccc(S(=O)(=O)C(F)F)cc2)C1. The van der Waals surface area contributed by atoms with Gasteiger partial charge in [-0.3, -0.25) is 4.79 Å². The summed E-state index contributed by atoms with van der Waals surface area (Å²) in [6, 6.07) is 4.52. The second-order valence-corrected chi connectivity index (χ2v) is 8.48. The van der Waals surface area contributed by atoms with E-state index in [1.165, 1.54) is 12.1 Å². The fraction of sp³-hybridized carbons (Fsp3) is 0.556. The first-order valence-electron chi connectivity index (χ1n) is 9.17. The summed E-state index contributed by atoms with van der Waals surface area (Å²) in [5.41, 5.74) is 0.311. The Morgan fingerprint density at radius 2 is 1.82 bits per heavy atom. The summed E-state index contributed by atoms with van der Waals surface area (Å²) in [5, 5.41) is 2.66. The zero-order valence-corrected chi connectivity index (χ0v) is 16.7. The van der Waals surface area contributed by atoms with Gasteiger partial charge >= 0.3 is 11.8 Å². The van der Waals surface area contributed by atoms with E-state index in [0.717, 1.165) is 12.1 Å². The molecule has 28 heavy (non-hydrogen) atoms. The van der Waals surface area contributed by atoms with Crippen molar-refractivity contribution in [1.29, 1.82) is 0 Å². The molecule has 1 aliphatic heterocycles. The first-order chi connectivity index (χ1) is 13.2. The first kappa shape index (κ1) is 22.1. The van der Waals surface area contributed by atoms with E-state index in [-0.39, 0.29) is 11.9 Å². The molecule has 1 N–H and O–H groups in total. The first-order valence-corrected chi connectivity index (χ1v) is 10.7. The van der Waals surface area contributed by atoms with Crippen LogP contribution in [0.4, 0.5) is 19.3 Å². The largest absolute Gasteiger partial charge is 0.341 e. The third kappa shape index (κ3) is 4.98. The molecule has 7 nitrogen and oxygen atoms in total. The van der Waals surface area contributed by atoms with Crippen molar-refractivity contribution in [3.63, 3.8) is 0 Å². The summed E-state index contributed by atoms with van der Waals surface area (Å²) in [6.45, 7) is 5.88. The van der Waals surface area contributed by atoms with Crippen molar-refractivity contribution >= 4 is 27.5 Å². The van der Waals surface area contributed by atoms with E-state index in [1.807, 2.05) is 13.8 Å². The third-order valence-corrected chi connectivity index (χ3v) is 6.18. The maximum absolute atomic E-state index is 12.6. The van der Waals surface area contributed by atoms with Crippen molar-refractivity contribution in [3.8, 4) is 0 Å². The van der Waals surface area contributed by atoms with E-state index in [9.17, 15) is 26.8 Å². The number of piperidine rings is 1. The quantitative estimate of drug-likeness (QED) is 0.771. The topological polar surface area (TPSA) is 86.8 Å². The number of nitrogens with one attached hydrogen (secondary N) is 1. The lowest BCUT2D eigenvalue weighted by molar-refractivity contribution is -0.121. The Kier molecular flexibility index (Phi) is 7.34. The van der Waals surface area contributed by atoms with Crippen LogP contribution in [0.2, 0.25) is 0 Å². The number of likely N-dealkylation sites (tertiary alicyclic amines) is 1. The van der Waals surface area contributed by atoms with Crippen LogP contribution in [0.5, 0.6) is 0 Å². The van der Waals surface area contributed by atoms with Crippen molar-refractivity contribution in [3.05, 3.63) is 24.3 Å². The van der Waals surface area contributed by atoms with E-state index in [4.69, 9.17) is 0 Å². The van der Waals surface area contributed by atoms with Gasteiger partial charge in [0.2, 0.25) is 15.7 Å². The Hall–Kier alpha value is -2.23. The molecule has 1 heterocycles. The van der Waals surface area contributed by atoms with Gasteiger partial charge in [0, 0.05) is 31.9 Å². The highest BCUT2D eigenvalue weighted by Crippen LogP contribution is 2.22. The molecule has 1 aromatic rings. The Morgan fingerprint density at radius 3 is 2.36 bits per heavy atom. The van der Waals surface area contributed by atoms with Gasteiger partial charge in [-0.25, -0.2) is 13.2 Å². The normalized spacial score (nSPS) is 17.5. The fourth-order valence-corrected chi connectivity index (χ4v) is 3.86. The monoisotopic (exact) mass is 417 g/mol. The molecule has 1 aromatic carbocycles. The molecule has 0 radical (unpaired) electrons. The van der Waals surface area contributed by atoms with Gasteiger partial charge < -0.3 is 15.1 Å². The lowest BCUT2D eigenvalue weighted by Gasteiger charge is -2.35. The zero-order chi connectivity index (χ0) is 20.9. The fourth-order valence-electron chi connectivity index (χ4n) is 3.13. The minimum atomic E-state index is -4.67. The molecular weight excluding hydrogens is 392 g/mol. The van der Waals surface area contributed by atoms with E-state index in [2.05, 4.69) is 5.32 Å². The van der Waals surface area contributed by atoms with Crippen molar-refractivity contribution in [2.75, 3.05) is 31.5 Å². The number of rotatable bonds is 6. The van der Waals surface area contributed by atoms with Crippen LogP contribution >= 0.6 is 0 Å². The van der Waals surface area contributed by atoms with Crippen LogP contribution in [0.3, 0.4) is 0 Å². The summed E-state index contributed by atoms with van der Waals surface area (Å²) < 4.78 is 48.0. The summed E-state index contributed by atoms with van der Waals surface area (Å²) in [4.78, 5) is 27.9. The average molecular weight is 417 g/mol. The molecular formula is C18H25F2N3O4S. The van der Waals surface area contributed by atoms with Crippen molar-refractivity contribution < 1.29 is 26.8 Å². The zero-order valence-electron chi connectivity index (χ0n) is 15.9. The summed E-state index contributed by atoms with van der Waals surface area (Å²) in [5.74, 6) is -4.18. The molecule has 156 valence electrons. The van der Waals surface area contributed by atoms with Crippen molar-refractivity contribution in [2.45, 2.75) is 37.3 Å². The summed E-state index contributed by atoms with van der Waals surface area (Å²) in [7, 11) is -4.67. The molecule has 0 saturated carbocycles. The van der Waals surface area contributed by atoms with E-state index in [1.54, 1.807) is 9.80 Å². The Labute approximate surface area is 163 Å². The van der Waals surface area contributed by atoms with Gasteiger partial charge in [0.05, 0.1) is 10.8 Å². The van der Waals surface area contributed by atoms with Gasteiger partial charge in [0.15, 0.2) is 0 Å². The number of hydrogen-bond acceptors (Lipinski definition) is 4. The van der Waals surface area contributed by atoms with Crippen LogP contribution in [0, 0.1) is 5.92 Å². The maximum Gasteiger partial charge on any atom is 0.341 e. The van der Waals surface area contributed by atoms with Gasteiger partial charge in [-0.15, -0.1) is 0 Å². The highest BCUT2D eigenvalue weighted by Gasteiger charge is 2.30. The number of carbonyl (C=O) groups is 2. The molecule has 1 atom stereocenters. The lowest BCUT2D eigenvalue weighted by Crippen LogP contribution is -2.49. The highest BCUT2D eigenvalue weighted by molar-refractivity contribution is 7.91. The number of hydrogen-bond donors (Lipinski definition) is 1. The van der Waals surface area contributed by atoms with Gasteiger partial charge in [0.25, 0.3) is 0 Å². The highest BCUT2D eigenvalue weighted by atomic mass is 32.2. The standard InChI is InChI=1S/C18H25F2N3O4S/c1-3-22(4-2)18(25)23-11-5-6-13(12-23)16(24)21-14-7-9-15(10-8-14)28(26,27)17(19)20/h7-10,13,17H,3-6,11-12H2,1-2H3,(H,21,24)/t13-/m0/s1. The lowest BCUT2D eigenvalue weighted by atomic mass is 9.97. The van der Waals surface area contributed by atoms with E-state index >= 15 is 0 Å². The smallest absolute Gasteiger partial charge is 0.326 e. The number of anilines is 1. The maximum atomic E-state index is 12.6. The third-order valence-electron chi connectivity index (χ3n) is 4.78. The molecule has 1 aliphatic rings. The minimum Gasteiger partial charge on any atom is -0.326 e. The molecule has 1 saturated heterocycles. The Bertz CT molecular complexity index is 796. The van der Waals surface area contributed by atoms with Gasteiger partial charge in [-0.2, -0.15) is 8.78 Å². The number of amides is 3. The molecule has 0 spiro atoms.